The zero-order valence-corrected chi connectivity index (χ0v) is 21.0. The van der Waals surface area contributed by atoms with Crippen LogP contribution in [0.15, 0.2) is 85.5 Å². The third-order valence-electron chi connectivity index (χ3n) is 4.94. The van der Waals surface area contributed by atoms with Crippen molar-refractivity contribution in [3.63, 3.8) is 0 Å². The third-order valence-corrected chi connectivity index (χ3v) is 7.35. The van der Waals surface area contributed by atoms with Crippen LogP contribution < -0.4 is 10.6 Å². The minimum absolute atomic E-state index is 0.179. The summed E-state index contributed by atoms with van der Waals surface area (Å²) in [7, 11) is 3.28. The SMILES string of the molecule is O=C(NCCSSCCNC(=O)c1cccnc1-c1ccccn1)c1cccnc1-c1ccccn1. The van der Waals surface area contributed by atoms with Gasteiger partial charge in [-0.05, 0) is 48.5 Å². The van der Waals surface area contributed by atoms with Crippen LogP contribution in [0.3, 0.4) is 0 Å². The zero-order valence-electron chi connectivity index (χ0n) is 19.3. The molecule has 0 fully saturated rings. The molecule has 10 heteroatoms. The first-order valence-electron chi connectivity index (χ1n) is 11.3. The van der Waals surface area contributed by atoms with Crippen molar-refractivity contribution in [2.24, 2.45) is 0 Å². The molecule has 0 aliphatic heterocycles. The second-order valence-corrected chi connectivity index (χ2v) is 10.1. The first-order chi connectivity index (χ1) is 17.7. The molecule has 0 aliphatic rings. The van der Waals surface area contributed by atoms with Crippen molar-refractivity contribution in [2.75, 3.05) is 24.6 Å². The molecule has 0 unspecified atom stereocenters. The van der Waals surface area contributed by atoms with E-state index in [4.69, 9.17) is 0 Å². The molecule has 4 rings (SSSR count). The van der Waals surface area contributed by atoms with E-state index in [2.05, 4.69) is 30.6 Å². The normalized spacial score (nSPS) is 10.6. The van der Waals surface area contributed by atoms with E-state index < -0.39 is 0 Å². The van der Waals surface area contributed by atoms with E-state index in [1.54, 1.807) is 70.6 Å². The lowest BCUT2D eigenvalue weighted by Gasteiger charge is -2.09. The molecule has 0 spiro atoms. The first-order valence-corrected chi connectivity index (χ1v) is 13.8. The lowest BCUT2D eigenvalue weighted by Crippen LogP contribution is -2.27. The van der Waals surface area contributed by atoms with Crippen molar-refractivity contribution in [2.45, 2.75) is 0 Å². The highest BCUT2D eigenvalue weighted by Gasteiger charge is 2.15. The van der Waals surface area contributed by atoms with E-state index >= 15 is 0 Å². The third kappa shape index (κ3) is 6.89. The molecule has 0 aromatic carbocycles. The van der Waals surface area contributed by atoms with Gasteiger partial charge in [0.25, 0.3) is 11.8 Å². The number of amides is 2. The van der Waals surface area contributed by atoms with Crippen molar-refractivity contribution in [3.05, 3.63) is 96.6 Å². The molecule has 182 valence electrons. The number of hydrogen-bond donors (Lipinski definition) is 2. The number of nitrogens with zero attached hydrogens (tertiary/aromatic N) is 4. The standard InChI is InChI=1S/C26H24N6O2S2/c33-25(19-7-5-13-29-23(19)21-9-1-3-11-27-21)31-15-17-35-36-18-16-32-26(34)20-8-6-14-30-24(20)22-10-2-4-12-28-22/h1-14H,15-18H2,(H,31,33)(H,32,34). The predicted octanol–water partition coefficient (Wildman–Crippen LogP) is 4.14. The molecule has 8 nitrogen and oxygen atoms in total. The molecule has 0 saturated carbocycles. The van der Waals surface area contributed by atoms with Gasteiger partial charge in [0.05, 0.1) is 22.5 Å². The molecule has 0 saturated heterocycles. The Morgan fingerprint density at radius 2 is 1.03 bits per heavy atom. The smallest absolute Gasteiger partial charge is 0.253 e. The van der Waals surface area contributed by atoms with Gasteiger partial charge in [0.2, 0.25) is 0 Å². The molecule has 0 aliphatic carbocycles. The van der Waals surface area contributed by atoms with E-state index in [1.165, 1.54) is 0 Å². The Kier molecular flexibility index (Phi) is 9.40. The van der Waals surface area contributed by atoms with Gasteiger partial charge in [0.1, 0.15) is 11.4 Å². The lowest BCUT2D eigenvalue weighted by atomic mass is 10.1. The van der Waals surface area contributed by atoms with Crippen LogP contribution in [0.1, 0.15) is 20.7 Å². The number of nitrogens with one attached hydrogen (secondary N) is 2. The van der Waals surface area contributed by atoms with Crippen molar-refractivity contribution in [1.29, 1.82) is 0 Å². The quantitative estimate of drug-likeness (QED) is 0.226. The Morgan fingerprint density at radius 1 is 0.583 bits per heavy atom. The second kappa shape index (κ2) is 13.4. The Balaban J connectivity index is 1.17. The minimum atomic E-state index is -0.179. The van der Waals surface area contributed by atoms with Crippen LogP contribution in [0, 0.1) is 0 Å². The number of carbonyl (C=O) groups is 2. The van der Waals surface area contributed by atoms with E-state index in [-0.39, 0.29) is 11.8 Å². The van der Waals surface area contributed by atoms with Crippen molar-refractivity contribution in [3.8, 4) is 22.8 Å². The lowest BCUT2D eigenvalue weighted by molar-refractivity contribution is 0.0948. The zero-order chi connectivity index (χ0) is 25.0. The number of carbonyl (C=O) groups excluding carboxylic acids is 2. The number of hydrogen-bond acceptors (Lipinski definition) is 8. The monoisotopic (exact) mass is 516 g/mol. The topological polar surface area (TPSA) is 110 Å². The average molecular weight is 517 g/mol. The molecule has 0 atom stereocenters. The van der Waals surface area contributed by atoms with Gasteiger partial charge in [0.15, 0.2) is 0 Å². The summed E-state index contributed by atoms with van der Waals surface area (Å²) >= 11 is 0. The molecule has 2 N–H and O–H groups in total. The van der Waals surface area contributed by atoms with Crippen LogP contribution in [0.4, 0.5) is 0 Å². The number of aromatic nitrogens is 4. The highest BCUT2D eigenvalue weighted by molar-refractivity contribution is 8.76. The largest absolute Gasteiger partial charge is 0.351 e. The minimum Gasteiger partial charge on any atom is -0.351 e. The number of pyridine rings is 4. The van der Waals surface area contributed by atoms with Gasteiger partial charge in [-0.1, -0.05) is 33.7 Å². The summed E-state index contributed by atoms with van der Waals surface area (Å²) in [6, 6.07) is 18.0. The van der Waals surface area contributed by atoms with Crippen molar-refractivity contribution < 1.29 is 9.59 Å². The maximum atomic E-state index is 12.7. The molecule has 0 bridgehead atoms. The van der Waals surface area contributed by atoms with Gasteiger partial charge < -0.3 is 10.6 Å². The van der Waals surface area contributed by atoms with Gasteiger partial charge in [-0.2, -0.15) is 0 Å². The van der Waals surface area contributed by atoms with Crippen LogP contribution in [-0.4, -0.2) is 56.3 Å². The van der Waals surface area contributed by atoms with Crippen LogP contribution in [0.5, 0.6) is 0 Å². The highest BCUT2D eigenvalue weighted by atomic mass is 33.1. The molecule has 4 aromatic rings. The van der Waals surface area contributed by atoms with E-state index in [0.717, 1.165) is 11.5 Å². The van der Waals surface area contributed by atoms with Crippen LogP contribution in [0.25, 0.3) is 22.8 Å². The first kappa shape index (κ1) is 25.3. The maximum Gasteiger partial charge on any atom is 0.253 e. The van der Waals surface area contributed by atoms with Gasteiger partial charge in [-0.25, -0.2) is 0 Å². The van der Waals surface area contributed by atoms with Crippen molar-refractivity contribution >= 4 is 33.4 Å². The van der Waals surface area contributed by atoms with Crippen LogP contribution in [0.2, 0.25) is 0 Å². The number of rotatable bonds is 11. The maximum absolute atomic E-state index is 12.7. The van der Waals surface area contributed by atoms with Crippen molar-refractivity contribution in [1.82, 2.24) is 30.6 Å². The van der Waals surface area contributed by atoms with Gasteiger partial charge in [0, 0.05) is 49.4 Å². The van der Waals surface area contributed by atoms with E-state index in [0.29, 0.717) is 47.0 Å². The Labute approximate surface area is 217 Å². The Bertz CT molecular complexity index is 1190. The van der Waals surface area contributed by atoms with E-state index in [9.17, 15) is 9.59 Å². The molecular formula is C26H24N6O2S2. The summed E-state index contributed by atoms with van der Waals surface area (Å²) in [5.41, 5.74) is 3.44. The summed E-state index contributed by atoms with van der Waals surface area (Å²) in [6.45, 7) is 1.03. The summed E-state index contributed by atoms with van der Waals surface area (Å²) in [5, 5.41) is 5.88. The molecule has 4 heterocycles. The molecule has 0 radical (unpaired) electrons. The Morgan fingerprint density at radius 3 is 1.44 bits per heavy atom. The molecule has 4 aromatic heterocycles. The summed E-state index contributed by atoms with van der Waals surface area (Å²) in [5.74, 6) is 1.11. The van der Waals surface area contributed by atoms with Crippen LogP contribution in [-0.2, 0) is 0 Å². The average Bonchev–Trinajstić information content (AvgIpc) is 2.95. The highest BCUT2D eigenvalue weighted by Crippen LogP contribution is 2.21. The second-order valence-electron chi connectivity index (χ2n) is 7.38. The predicted molar refractivity (Wildman–Crippen MR) is 145 cm³/mol. The van der Waals surface area contributed by atoms with Gasteiger partial charge >= 0.3 is 0 Å². The van der Waals surface area contributed by atoms with E-state index in [1.807, 2.05) is 36.4 Å². The molecule has 2 amide bonds. The summed E-state index contributed by atoms with van der Waals surface area (Å²) in [6.07, 6.45) is 6.66. The molecule has 36 heavy (non-hydrogen) atoms. The van der Waals surface area contributed by atoms with Crippen LogP contribution >= 0.6 is 21.6 Å². The molecular weight excluding hydrogens is 492 g/mol. The Hall–Kier alpha value is -3.76. The fourth-order valence-corrected chi connectivity index (χ4v) is 5.13. The summed E-state index contributed by atoms with van der Waals surface area (Å²) < 4.78 is 0. The van der Waals surface area contributed by atoms with Gasteiger partial charge in [-0.3, -0.25) is 29.5 Å². The summed E-state index contributed by atoms with van der Waals surface area (Å²) in [4.78, 5) is 42.6. The fraction of sp³-hybridized carbons (Fsp3) is 0.154. The van der Waals surface area contributed by atoms with Gasteiger partial charge in [-0.15, -0.1) is 0 Å². The fourth-order valence-electron chi connectivity index (χ4n) is 3.31.